The predicted octanol–water partition coefficient (Wildman–Crippen LogP) is 2.08. The van der Waals surface area contributed by atoms with Crippen molar-refractivity contribution >= 4 is 5.91 Å². The van der Waals surface area contributed by atoms with Gasteiger partial charge in [-0.3, -0.25) is 4.79 Å². The van der Waals surface area contributed by atoms with Crippen LogP contribution in [-0.4, -0.2) is 53.9 Å². The molecule has 2 fully saturated rings. The molecule has 1 aromatic carbocycles. The summed E-state index contributed by atoms with van der Waals surface area (Å²) in [6.07, 6.45) is -1.80. The van der Waals surface area contributed by atoms with Crippen molar-refractivity contribution in [1.82, 2.24) is 5.32 Å². The van der Waals surface area contributed by atoms with Crippen molar-refractivity contribution in [2.24, 2.45) is 0 Å². The number of aliphatic hydroxyl groups is 1. The minimum Gasteiger partial charge on any atom is -0.487 e. The van der Waals surface area contributed by atoms with E-state index < -0.39 is 36.9 Å². The van der Waals surface area contributed by atoms with E-state index in [-0.39, 0.29) is 18.1 Å². The largest absolute Gasteiger partial charge is 0.487 e. The zero-order valence-corrected chi connectivity index (χ0v) is 18.1. The smallest absolute Gasteiger partial charge is 0.223 e. The lowest BCUT2D eigenvalue weighted by atomic mass is 9.96. The monoisotopic (exact) mass is 445 g/mol. The fourth-order valence-electron chi connectivity index (χ4n) is 4.43. The maximum absolute atomic E-state index is 11.9. The highest BCUT2D eigenvalue weighted by Gasteiger charge is 2.51. The summed E-state index contributed by atoms with van der Waals surface area (Å²) in [7, 11) is 0. The normalized spacial score (nSPS) is 33.0. The van der Waals surface area contributed by atoms with Crippen LogP contribution in [0.1, 0.15) is 38.4 Å². The van der Waals surface area contributed by atoms with Gasteiger partial charge in [-0.25, -0.2) is 0 Å². The molecule has 0 saturated carbocycles. The zero-order chi connectivity index (χ0) is 22.5. The van der Waals surface area contributed by atoms with Crippen LogP contribution in [-0.2, 0) is 25.4 Å². The second kappa shape index (κ2) is 8.08. The number of rotatable bonds is 4. The first-order valence-electron chi connectivity index (χ1n) is 10.7. The van der Waals surface area contributed by atoms with E-state index in [1.807, 2.05) is 26.0 Å². The van der Waals surface area contributed by atoms with Crippen molar-refractivity contribution in [3.8, 4) is 11.5 Å². The van der Waals surface area contributed by atoms with Gasteiger partial charge in [-0.2, -0.15) is 0 Å². The molecule has 0 spiro atoms. The first-order valence-corrected chi connectivity index (χ1v) is 10.7. The van der Waals surface area contributed by atoms with Crippen LogP contribution < -0.4 is 14.8 Å². The summed E-state index contributed by atoms with van der Waals surface area (Å²) in [6, 6.07) is 8.20. The average molecular weight is 445 g/mol. The Bertz CT molecular complexity index is 974. The van der Waals surface area contributed by atoms with E-state index in [1.54, 1.807) is 18.2 Å². The molecule has 3 aliphatic heterocycles. The number of fused-ring (bicyclic) bond motifs is 2. The van der Waals surface area contributed by atoms with Crippen molar-refractivity contribution < 1.29 is 38.0 Å². The summed E-state index contributed by atoms with van der Waals surface area (Å²) < 4.78 is 35.1. The molecule has 0 aliphatic carbocycles. The molecule has 6 atom stereocenters. The molecule has 5 rings (SSSR count). The summed E-state index contributed by atoms with van der Waals surface area (Å²) in [4.78, 5) is 11.9. The lowest BCUT2D eigenvalue weighted by Gasteiger charge is -2.47. The summed E-state index contributed by atoms with van der Waals surface area (Å²) in [5, 5.41) is 13.8. The van der Waals surface area contributed by atoms with Gasteiger partial charge in [0.05, 0.1) is 12.9 Å². The number of hydrogen-bond donors (Lipinski definition) is 2. The molecule has 2 N–H and O–H groups in total. The zero-order valence-electron chi connectivity index (χ0n) is 18.1. The standard InChI is InChI=1S/C23H27NO8/c1-12(25)24-18-19(26)20-17(11-28-21(31-20)15-5-4-8-27-15)30-22(18)29-14-7-6-13-10-23(2,3)32-16(13)9-14/h4-9,17-22,26H,10-11H2,1-3H3,(H,24,25). The van der Waals surface area contributed by atoms with Crippen molar-refractivity contribution in [3.05, 3.63) is 47.9 Å². The van der Waals surface area contributed by atoms with E-state index in [4.69, 9.17) is 28.1 Å². The van der Waals surface area contributed by atoms with Crippen molar-refractivity contribution in [2.45, 2.75) is 69.7 Å². The SMILES string of the molecule is CC(=O)NC1C(Oc2ccc3c(c2)OC(C)(C)C3)OC2COC(c3ccco3)OC2C1O. The minimum atomic E-state index is -1.09. The minimum absolute atomic E-state index is 0.168. The first kappa shape index (κ1) is 21.3. The van der Waals surface area contributed by atoms with Crippen molar-refractivity contribution in [2.75, 3.05) is 6.61 Å². The molecule has 4 heterocycles. The van der Waals surface area contributed by atoms with E-state index in [9.17, 15) is 9.90 Å². The topological polar surface area (TPSA) is 109 Å². The van der Waals surface area contributed by atoms with Crippen LogP contribution in [0.25, 0.3) is 0 Å². The van der Waals surface area contributed by atoms with Gasteiger partial charge in [0.25, 0.3) is 0 Å². The number of nitrogens with one attached hydrogen (secondary N) is 1. The number of furan rings is 1. The second-order valence-corrected chi connectivity index (χ2v) is 8.97. The van der Waals surface area contributed by atoms with Crippen LogP contribution in [0.2, 0.25) is 0 Å². The molecule has 1 amide bonds. The van der Waals surface area contributed by atoms with E-state index in [0.717, 1.165) is 17.7 Å². The van der Waals surface area contributed by atoms with Crippen LogP contribution in [0.5, 0.6) is 11.5 Å². The molecule has 0 radical (unpaired) electrons. The van der Waals surface area contributed by atoms with Crippen LogP contribution in [0.15, 0.2) is 41.0 Å². The van der Waals surface area contributed by atoms with Crippen LogP contribution >= 0.6 is 0 Å². The lowest BCUT2D eigenvalue weighted by Crippen LogP contribution is -2.67. The molecular weight excluding hydrogens is 418 g/mol. The number of amides is 1. The molecule has 9 heteroatoms. The van der Waals surface area contributed by atoms with Crippen molar-refractivity contribution in [3.63, 3.8) is 0 Å². The fourth-order valence-corrected chi connectivity index (χ4v) is 4.43. The van der Waals surface area contributed by atoms with Gasteiger partial charge in [0.1, 0.15) is 41.5 Å². The fraction of sp³-hybridized carbons (Fsp3) is 0.522. The maximum Gasteiger partial charge on any atom is 0.223 e. The van der Waals surface area contributed by atoms with E-state index in [0.29, 0.717) is 11.5 Å². The summed E-state index contributed by atoms with van der Waals surface area (Å²) in [5.41, 5.74) is 0.828. The highest BCUT2D eigenvalue weighted by atomic mass is 16.8. The molecule has 2 saturated heterocycles. The highest BCUT2D eigenvalue weighted by molar-refractivity contribution is 5.73. The van der Waals surface area contributed by atoms with Gasteiger partial charge in [-0.1, -0.05) is 6.07 Å². The van der Waals surface area contributed by atoms with E-state index >= 15 is 0 Å². The average Bonchev–Trinajstić information content (AvgIpc) is 3.37. The van der Waals surface area contributed by atoms with Gasteiger partial charge in [-0.05, 0) is 37.6 Å². The van der Waals surface area contributed by atoms with Gasteiger partial charge in [0, 0.05) is 19.4 Å². The summed E-state index contributed by atoms with van der Waals surface area (Å²) in [6.45, 7) is 5.60. The number of benzene rings is 1. The van der Waals surface area contributed by atoms with Crippen LogP contribution in [0.4, 0.5) is 0 Å². The van der Waals surface area contributed by atoms with Crippen LogP contribution in [0, 0.1) is 0 Å². The van der Waals surface area contributed by atoms with Gasteiger partial charge < -0.3 is 38.5 Å². The Balaban J connectivity index is 1.35. The van der Waals surface area contributed by atoms with Gasteiger partial charge in [-0.15, -0.1) is 0 Å². The number of hydrogen-bond acceptors (Lipinski definition) is 8. The molecule has 3 aliphatic rings. The lowest BCUT2D eigenvalue weighted by molar-refractivity contribution is -0.336. The Labute approximate surface area is 185 Å². The molecule has 0 bridgehead atoms. The number of carbonyl (C=O) groups is 1. The Hall–Kier alpha value is -2.59. The maximum atomic E-state index is 11.9. The van der Waals surface area contributed by atoms with E-state index in [1.165, 1.54) is 13.2 Å². The molecule has 172 valence electrons. The second-order valence-electron chi connectivity index (χ2n) is 8.97. The highest BCUT2D eigenvalue weighted by Crippen LogP contribution is 2.39. The molecule has 6 unspecified atom stereocenters. The molecule has 2 aromatic rings. The van der Waals surface area contributed by atoms with Gasteiger partial charge in [0.15, 0.2) is 5.76 Å². The molecule has 32 heavy (non-hydrogen) atoms. The third kappa shape index (κ3) is 4.09. The Morgan fingerprint density at radius 2 is 2.09 bits per heavy atom. The van der Waals surface area contributed by atoms with Crippen molar-refractivity contribution in [1.29, 1.82) is 0 Å². The molecule has 9 nitrogen and oxygen atoms in total. The van der Waals surface area contributed by atoms with E-state index in [2.05, 4.69) is 5.32 Å². The molecule has 1 aromatic heterocycles. The number of aliphatic hydroxyl groups excluding tert-OH is 1. The molecular formula is C23H27NO8. The Morgan fingerprint density at radius 1 is 1.25 bits per heavy atom. The summed E-state index contributed by atoms with van der Waals surface area (Å²) >= 11 is 0. The number of carbonyl (C=O) groups excluding carboxylic acids is 1. The third-order valence-electron chi connectivity index (χ3n) is 5.80. The third-order valence-corrected chi connectivity index (χ3v) is 5.80. The summed E-state index contributed by atoms with van der Waals surface area (Å²) in [5.74, 6) is 1.44. The number of ether oxygens (including phenoxy) is 5. The Kier molecular flexibility index (Phi) is 5.37. The van der Waals surface area contributed by atoms with Crippen LogP contribution in [0.3, 0.4) is 0 Å². The quantitative estimate of drug-likeness (QED) is 0.737. The predicted molar refractivity (Wildman–Crippen MR) is 110 cm³/mol. The van der Waals surface area contributed by atoms with Gasteiger partial charge in [0.2, 0.25) is 18.5 Å². The van der Waals surface area contributed by atoms with Gasteiger partial charge >= 0.3 is 0 Å². The first-order chi connectivity index (χ1) is 15.3. The Morgan fingerprint density at radius 3 is 2.84 bits per heavy atom.